The SMILES string of the molecule is CC(C(=O)NCCOc1ccc(C(C)(C)C)cc1)N(c1cc(Cl)ccc1Cl)S(C)(=O)=O. The number of hydrogen-bond donors (Lipinski definition) is 1. The average Bonchev–Trinajstić information content (AvgIpc) is 2.66. The predicted octanol–water partition coefficient (Wildman–Crippen LogP) is 4.64. The topological polar surface area (TPSA) is 75.7 Å². The standard InChI is InChI=1S/C22H28Cl2N2O4S/c1-15(26(31(5,28)29)20-14-17(23)8-11-19(20)24)21(27)25-12-13-30-18-9-6-16(7-10-18)22(2,3)4/h6-11,14-15H,12-13H2,1-5H3,(H,25,27). The third-order valence-corrected chi connectivity index (χ3v) is 6.41. The van der Waals surface area contributed by atoms with E-state index in [0.29, 0.717) is 10.8 Å². The van der Waals surface area contributed by atoms with Crippen LogP contribution in [0.2, 0.25) is 10.0 Å². The van der Waals surface area contributed by atoms with Crippen molar-refractivity contribution >= 4 is 44.8 Å². The van der Waals surface area contributed by atoms with Crippen LogP contribution in [-0.2, 0) is 20.2 Å². The third kappa shape index (κ3) is 7.02. The number of carbonyl (C=O) groups excluding carboxylic acids is 1. The molecule has 1 amide bonds. The smallest absolute Gasteiger partial charge is 0.243 e. The van der Waals surface area contributed by atoms with Gasteiger partial charge in [0, 0.05) is 5.02 Å². The molecule has 2 rings (SSSR count). The Hall–Kier alpha value is -1.96. The summed E-state index contributed by atoms with van der Waals surface area (Å²) in [6.07, 6.45) is 1.01. The van der Waals surface area contributed by atoms with Crippen LogP contribution >= 0.6 is 23.2 Å². The number of carbonyl (C=O) groups is 1. The van der Waals surface area contributed by atoms with Crippen LogP contribution in [0, 0.1) is 0 Å². The van der Waals surface area contributed by atoms with Crippen LogP contribution in [0.15, 0.2) is 42.5 Å². The Labute approximate surface area is 194 Å². The first-order chi connectivity index (χ1) is 14.3. The Morgan fingerprint density at radius 3 is 2.29 bits per heavy atom. The number of amides is 1. The zero-order chi connectivity index (χ0) is 23.4. The molecule has 0 aliphatic carbocycles. The molecule has 31 heavy (non-hydrogen) atoms. The molecular weight excluding hydrogens is 459 g/mol. The number of benzene rings is 2. The zero-order valence-corrected chi connectivity index (χ0v) is 20.6. The highest BCUT2D eigenvalue weighted by molar-refractivity contribution is 7.92. The van der Waals surface area contributed by atoms with Gasteiger partial charge in [0.25, 0.3) is 0 Å². The minimum Gasteiger partial charge on any atom is -0.492 e. The van der Waals surface area contributed by atoms with Gasteiger partial charge in [-0.15, -0.1) is 0 Å². The number of halogens is 2. The molecule has 2 aromatic carbocycles. The van der Waals surface area contributed by atoms with Crippen LogP contribution in [-0.4, -0.2) is 39.8 Å². The molecule has 0 aliphatic rings. The van der Waals surface area contributed by atoms with Gasteiger partial charge in [-0.1, -0.05) is 56.1 Å². The van der Waals surface area contributed by atoms with Crippen LogP contribution < -0.4 is 14.4 Å². The van der Waals surface area contributed by atoms with E-state index in [0.717, 1.165) is 10.6 Å². The van der Waals surface area contributed by atoms with E-state index in [-0.39, 0.29) is 29.3 Å². The molecular formula is C22H28Cl2N2O4S. The molecule has 0 saturated heterocycles. The van der Waals surface area contributed by atoms with Crippen LogP contribution in [0.1, 0.15) is 33.3 Å². The van der Waals surface area contributed by atoms with Crippen molar-refractivity contribution < 1.29 is 17.9 Å². The lowest BCUT2D eigenvalue weighted by Crippen LogP contribution is -2.48. The quantitative estimate of drug-likeness (QED) is 0.551. The van der Waals surface area contributed by atoms with Gasteiger partial charge in [0.2, 0.25) is 15.9 Å². The first-order valence-electron chi connectivity index (χ1n) is 9.76. The Balaban J connectivity index is 1.99. The van der Waals surface area contributed by atoms with E-state index < -0.39 is 22.0 Å². The largest absolute Gasteiger partial charge is 0.492 e. The van der Waals surface area contributed by atoms with Gasteiger partial charge in [0.1, 0.15) is 18.4 Å². The summed E-state index contributed by atoms with van der Waals surface area (Å²) in [6.45, 7) is 8.34. The predicted molar refractivity (Wildman–Crippen MR) is 127 cm³/mol. The van der Waals surface area contributed by atoms with Crippen LogP contribution in [0.25, 0.3) is 0 Å². The molecule has 0 heterocycles. The lowest BCUT2D eigenvalue weighted by molar-refractivity contribution is -0.121. The molecule has 0 aliphatic heterocycles. The highest BCUT2D eigenvalue weighted by Gasteiger charge is 2.30. The molecule has 0 radical (unpaired) electrons. The summed E-state index contributed by atoms with van der Waals surface area (Å²) in [4.78, 5) is 12.6. The Morgan fingerprint density at radius 2 is 1.74 bits per heavy atom. The summed E-state index contributed by atoms with van der Waals surface area (Å²) >= 11 is 12.2. The first-order valence-corrected chi connectivity index (χ1v) is 12.4. The first kappa shape index (κ1) is 25.3. The van der Waals surface area contributed by atoms with Crippen molar-refractivity contribution in [3.63, 3.8) is 0 Å². The molecule has 2 aromatic rings. The summed E-state index contributed by atoms with van der Waals surface area (Å²) in [5.41, 5.74) is 1.40. The molecule has 6 nitrogen and oxygen atoms in total. The van der Waals surface area contributed by atoms with Crippen LogP contribution in [0.5, 0.6) is 5.75 Å². The molecule has 0 fully saturated rings. The van der Waals surface area contributed by atoms with E-state index >= 15 is 0 Å². The van der Waals surface area contributed by atoms with Crippen molar-refractivity contribution in [1.82, 2.24) is 5.32 Å². The Kier molecular flexibility index (Phi) is 8.25. The summed E-state index contributed by atoms with van der Waals surface area (Å²) in [7, 11) is -3.79. The fourth-order valence-electron chi connectivity index (χ4n) is 2.98. The number of anilines is 1. The maximum atomic E-state index is 12.6. The van der Waals surface area contributed by atoms with E-state index in [1.54, 1.807) is 6.07 Å². The normalized spacial score (nSPS) is 12.9. The van der Waals surface area contributed by atoms with Crippen molar-refractivity contribution in [2.45, 2.75) is 39.2 Å². The second-order valence-corrected chi connectivity index (χ2v) is 10.9. The van der Waals surface area contributed by atoms with Crippen molar-refractivity contribution in [3.05, 3.63) is 58.1 Å². The van der Waals surface area contributed by atoms with E-state index in [4.69, 9.17) is 27.9 Å². The summed E-state index contributed by atoms with van der Waals surface area (Å²) in [6, 6.07) is 11.2. The minimum atomic E-state index is -3.79. The highest BCUT2D eigenvalue weighted by Crippen LogP contribution is 2.32. The molecule has 1 N–H and O–H groups in total. The Morgan fingerprint density at radius 1 is 1.13 bits per heavy atom. The van der Waals surface area contributed by atoms with Gasteiger partial charge in [-0.2, -0.15) is 0 Å². The molecule has 170 valence electrons. The molecule has 0 spiro atoms. The van der Waals surface area contributed by atoms with Crippen molar-refractivity contribution in [1.29, 1.82) is 0 Å². The third-order valence-electron chi connectivity index (χ3n) is 4.62. The van der Waals surface area contributed by atoms with E-state index in [1.165, 1.54) is 24.6 Å². The van der Waals surface area contributed by atoms with Crippen molar-refractivity contribution in [3.8, 4) is 5.75 Å². The summed E-state index contributed by atoms with van der Waals surface area (Å²) in [5, 5.41) is 3.19. The minimum absolute atomic E-state index is 0.0556. The van der Waals surface area contributed by atoms with Gasteiger partial charge in [-0.3, -0.25) is 9.10 Å². The lowest BCUT2D eigenvalue weighted by Gasteiger charge is -2.29. The van der Waals surface area contributed by atoms with E-state index in [9.17, 15) is 13.2 Å². The number of ether oxygens (including phenoxy) is 1. The molecule has 0 bridgehead atoms. The van der Waals surface area contributed by atoms with Crippen molar-refractivity contribution in [2.24, 2.45) is 0 Å². The van der Waals surface area contributed by atoms with E-state index in [2.05, 4.69) is 26.1 Å². The lowest BCUT2D eigenvalue weighted by atomic mass is 9.87. The Bertz CT molecular complexity index is 1020. The molecule has 0 saturated carbocycles. The number of rotatable bonds is 8. The maximum absolute atomic E-state index is 12.6. The van der Waals surface area contributed by atoms with E-state index in [1.807, 2.05) is 24.3 Å². The molecule has 9 heteroatoms. The maximum Gasteiger partial charge on any atom is 0.243 e. The van der Waals surface area contributed by atoms with Gasteiger partial charge in [0.15, 0.2) is 0 Å². The van der Waals surface area contributed by atoms with Gasteiger partial charge in [-0.25, -0.2) is 8.42 Å². The summed E-state index contributed by atoms with van der Waals surface area (Å²) < 4.78 is 31.4. The second-order valence-electron chi connectivity index (χ2n) is 8.24. The van der Waals surface area contributed by atoms with Crippen LogP contribution in [0.4, 0.5) is 5.69 Å². The highest BCUT2D eigenvalue weighted by atomic mass is 35.5. The number of nitrogens with one attached hydrogen (secondary N) is 1. The number of sulfonamides is 1. The fraction of sp³-hybridized carbons (Fsp3) is 0.409. The monoisotopic (exact) mass is 486 g/mol. The number of nitrogens with zero attached hydrogens (tertiary/aromatic N) is 1. The fourth-order valence-corrected chi connectivity index (χ4v) is 4.58. The second kappa shape index (κ2) is 10.1. The van der Waals surface area contributed by atoms with Gasteiger partial charge in [-0.05, 0) is 48.2 Å². The number of hydrogen-bond acceptors (Lipinski definition) is 4. The average molecular weight is 487 g/mol. The molecule has 1 unspecified atom stereocenters. The van der Waals surface area contributed by atoms with Gasteiger partial charge >= 0.3 is 0 Å². The molecule has 0 aromatic heterocycles. The molecule has 1 atom stereocenters. The summed E-state index contributed by atoms with van der Waals surface area (Å²) in [5.74, 6) is 0.215. The van der Waals surface area contributed by atoms with Crippen molar-refractivity contribution in [2.75, 3.05) is 23.7 Å². The van der Waals surface area contributed by atoms with Gasteiger partial charge in [0.05, 0.1) is 23.5 Å². The zero-order valence-electron chi connectivity index (χ0n) is 18.3. The van der Waals surface area contributed by atoms with Gasteiger partial charge < -0.3 is 10.1 Å². The van der Waals surface area contributed by atoms with Crippen LogP contribution in [0.3, 0.4) is 0 Å².